The zero-order valence-corrected chi connectivity index (χ0v) is 9.32. The summed E-state index contributed by atoms with van der Waals surface area (Å²) in [6.07, 6.45) is 7.09. The Morgan fingerprint density at radius 1 is 1.15 bits per heavy atom. The smallest absolute Gasteiger partial charge is 0.0118 e. The molecule has 2 aliphatic rings. The monoisotopic (exact) mass is 181 g/mol. The highest BCUT2D eigenvalue weighted by Gasteiger charge is 2.40. The minimum Gasteiger partial charge on any atom is -0.313 e. The second-order valence-corrected chi connectivity index (χ2v) is 6.12. The fourth-order valence-electron chi connectivity index (χ4n) is 2.46. The Hall–Kier alpha value is -0.0400. The standard InChI is InChI=1S/C12H23N/c1-11(2)6-4-5-10(11)13-9-12(3)7-8-12/h10,13H,4-9H2,1-3H3. The lowest BCUT2D eigenvalue weighted by Crippen LogP contribution is -2.40. The van der Waals surface area contributed by atoms with Crippen LogP contribution in [0.1, 0.15) is 52.9 Å². The molecule has 1 heteroatoms. The van der Waals surface area contributed by atoms with Crippen LogP contribution in [0.15, 0.2) is 0 Å². The minimum atomic E-state index is 0.547. The van der Waals surface area contributed by atoms with E-state index < -0.39 is 0 Å². The number of hydrogen-bond acceptors (Lipinski definition) is 1. The molecule has 0 amide bonds. The Morgan fingerprint density at radius 3 is 2.31 bits per heavy atom. The summed E-state index contributed by atoms with van der Waals surface area (Å²) >= 11 is 0. The molecule has 0 heterocycles. The van der Waals surface area contributed by atoms with Gasteiger partial charge in [0, 0.05) is 12.6 Å². The first-order chi connectivity index (χ1) is 6.02. The van der Waals surface area contributed by atoms with Gasteiger partial charge in [0.05, 0.1) is 0 Å². The van der Waals surface area contributed by atoms with Crippen LogP contribution in [-0.2, 0) is 0 Å². The maximum atomic E-state index is 3.77. The van der Waals surface area contributed by atoms with Crippen molar-refractivity contribution in [2.24, 2.45) is 10.8 Å². The van der Waals surface area contributed by atoms with E-state index in [-0.39, 0.29) is 0 Å². The van der Waals surface area contributed by atoms with E-state index in [9.17, 15) is 0 Å². The molecule has 0 aromatic heterocycles. The van der Waals surface area contributed by atoms with Gasteiger partial charge >= 0.3 is 0 Å². The van der Waals surface area contributed by atoms with Crippen molar-refractivity contribution < 1.29 is 0 Å². The second-order valence-electron chi connectivity index (χ2n) is 6.12. The third-order valence-electron chi connectivity index (χ3n) is 4.14. The van der Waals surface area contributed by atoms with Crippen LogP contribution in [0.4, 0.5) is 0 Å². The van der Waals surface area contributed by atoms with Gasteiger partial charge in [-0.25, -0.2) is 0 Å². The van der Waals surface area contributed by atoms with Crippen LogP contribution in [0.3, 0.4) is 0 Å². The number of hydrogen-bond donors (Lipinski definition) is 1. The molecule has 0 aliphatic heterocycles. The largest absolute Gasteiger partial charge is 0.313 e. The summed E-state index contributed by atoms with van der Waals surface area (Å²) in [5.41, 5.74) is 1.21. The van der Waals surface area contributed by atoms with Gasteiger partial charge < -0.3 is 5.32 Å². The summed E-state index contributed by atoms with van der Waals surface area (Å²) in [5, 5.41) is 3.77. The van der Waals surface area contributed by atoms with Crippen LogP contribution >= 0.6 is 0 Å². The fraction of sp³-hybridized carbons (Fsp3) is 1.00. The van der Waals surface area contributed by atoms with Crippen molar-refractivity contribution in [3.63, 3.8) is 0 Å². The van der Waals surface area contributed by atoms with Gasteiger partial charge in [0.25, 0.3) is 0 Å². The molecule has 0 radical (unpaired) electrons. The third kappa shape index (κ3) is 2.07. The van der Waals surface area contributed by atoms with Gasteiger partial charge in [-0.05, 0) is 36.5 Å². The topological polar surface area (TPSA) is 12.0 Å². The van der Waals surface area contributed by atoms with Crippen LogP contribution in [0.25, 0.3) is 0 Å². The van der Waals surface area contributed by atoms with Gasteiger partial charge in [0.2, 0.25) is 0 Å². The van der Waals surface area contributed by atoms with Gasteiger partial charge in [-0.3, -0.25) is 0 Å². The highest BCUT2D eigenvalue weighted by atomic mass is 15.0. The Morgan fingerprint density at radius 2 is 1.85 bits per heavy atom. The average Bonchev–Trinajstić information content (AvgIpc) is 2.66. The first-order valence-corrected chi connectivity index (χ1v) is 5.75. The van der Waals surface area contributed by atoms with Crippen molar-refractivity contribution in [3.8, 4) is 0 Å². The van der Waals surface area contributed by atoms with E-state index >= 15 is 0 Å². The second kappa shape index (κ2) is 2.98. The Labute approximate surface area is 82.3 Å². The van der Waals surface area contributed by atoms with Crippen LogP contribution in [0.5, 0.6) is 0 Å². The van der Waals surface area contributed by atoms with Crippen molar-refractivity contribution in [3.05, 3.63) is 0 Å². The van der Waals surface area contributed by atoms with Crippen molar-refractivity contribution in [2.75, 3.05) is 6.54 Å². The molecule has 0 aromatic carbocycles. The zero-order chi connectivity index (χ0) is 9.53. The van der Waals surface area contributed by atoms with E-state index in [1.807, 2.05) is 0 Å². The number of rotatable bonds is 3. The fourth-order valence-corrected chi connectivity index (χ4v) is 2.46. The predicted molar refractivity (Wildman–Crippen MR) is 56.8 cm³/mol. The average molecular weight is 181 g/mol. The van der Waals surface area contributed by atoms with E-state index in [4.69, 9.17) is 0 Å². The Kier molecular flexibility index (Phi) is 2.18. The maximum Gasteiger partial charge on any atom is 0.0118 e. The molecule has 13 heavy (non-hydrogen) atoms. The maximum absolute atomic E-state index is 3.77. The molecule has 1 nitrogen and oxygen atoms in total. The molecule has 1 atom stereocenters. The highest BCUT2D eigenvalue weighted by Crippen LogP contribution is 2.45. The SMILES string of the molecule is CC1(CNC2CCCC2(C)C)CC1. The molecular weight excluding hydrogens is 158 g/mol. The molecule has 0 saturated heterocycles. The molecular formula is C12H23N. The van der Waals surface area contributed by atoms with Gasteiger partial charge in [0.15, 0.2) is 0 Å². The van der Waals surface area contributed by atoms with Crippen LogP contribution in [0.2, 0.25) is 0 Å². The summed E-state index contributed by atoms with van der Waals surface area (Å²) in [7, 11) is 0. The lowest BCUT2D eigenvalue weighted by Gasteiger charge is -2.29. The lowest BCUT2D eigenvalue weighted by molar-refractivity contribution is 0.270. The molecule has 2 saturated carbocycles. The molecule has 1 N–H and O–H groups in total. The Balaban J connectivity index is 1.81. The molecule has 76 valence electrons. The lowest BCUT2D eigenvalue weighted by atomic mass is 9.87. The molecule has 2 rings (SSSR count). The van der Waals surface area contributed by atoms with E-state index in [1.54, 1.807) is 0 Å². The van der Waals surface area contributed by atoms with E-state index in [0.29, 0.717) is 10.8 Å². The summed E-state index contributed by atoms with van der Waals surface area (Å²) < 4.78 is 0. The van der Waals surface area contributed by atoms with Crippen LogP contribution in [0, 0.1) is 10.8 Å². The summed E-state index contributed by atoms with van der Waals surface area (Å²) in [6.45, 7) is 8.48. The van der Waals surface area contributed by atoms with Gasteiger partial charge in [-0.1, -0.05) is 27.2 Å². The molecule has 2 aliphatic carbocycles. The summed E-state index contributed by atoms with van der Waals surface area (Å²) in [5.74, 6) is 0. The minimum absolute atomic E-state index is 0.547. The third-order valence-corrected chi connectivity index (χ3v) is 4.14. The van der Waals surface area contributed by atoms with Gasteiger partial charge in [0.1, 0.15) is 0 Å². The van der Waals surface area contributed by atoms with E-state index in [1.165, 1.54) is 38.6 Å². The first-order valence-electron chi connectivity index (χ1n) is 5.75. The molecule has 0 bridgehead atoms. The number of nitrogens with one attached hydrogen (secondary N) is 1. The van der Waals surface area contributed by atoms with Gasteiger partial charge in [-0.15, -0.1) is 0 Å². The van der Waals surface area contributed by atoms with Crippen molar-refractivity contribution in [2.45, 2.75) is 58.9 Å². The van der Waals surface area contributed by atoms with E-state index in [0.717, 1.165) is 6.04 Å². The van der Waals surface area contributed by atoms with E-state index in [2.05, 4.69) is 26.1 Å². The zero-order valence-electron chi connectivity index (χ0n) is 9.32. The van der Waals surface area contributed by atoms with Crippen molar-refractivity contribution in [1.82, 2.24) is 5.32 Å². The quantitative estimate of drug-likeness (QED) is 0.706. The highest BCUT2D eigenvalue weighted by molar-refractivity contribution is 4.95. The molecule has 1 unspecified atom stereocenters. The summed E-state index contributed by atoms with van der Waals surface area (Å²) in [4.78, 5) is 0. The molecule has 0 aromatic rings. The molecule has 2 fully saturated rings. The van der Waals surface area contributed by atoms with Crippen LogP contribution < -0.4 is 5.32 Å². The van der Waals surface area contributed by atoms with Crippen molar-refractivity contribution in [1.29, 1.82) is 0 Å². The Bertz CT molecular complexity index is 191. The van der Waals surface area contributed by atoms with Crippen LogP contribution in [-0.4, -0.2) is 12.6 Å². The molecule has 0 spiro atoms. The predicted octanol–water partition coefficient (Wildman–Crippen LogP) is 2.95. The van der Waals surface area contributed by atoms with Gasteiger partial charge in [-0.2, -0.15) is 0 Å². The first kappa shape index (κ1) is 9.51. The normalized spacial score (nSPS) is 34.8. The summed E-state index contributed by atoms with van der Waals surface area (Å²) in [6, 6.07) is 0.782. The van der Waals surface area contributed by atoms with Crippen molar-refractivity contribution >= 4 is 0 Å².